The molecule has 0 rings (SSSR count). The second-order valence-corrected chi connectivity index (χ2v) is 1.76. The highest BCUT2D eigenvalue weighted by Gasteiger charge is 2.33. The Morgan fingerprint density at radius 2 is 1.89 bits per heavy atom. The maximum absolute atomic E-state index is 11.6. The van der Waals surface area contributed by atoms with Gasteiger partial charge >= 0.3 is 6.18 Å². The summed E-state index contributed by atoms with van der Waals surface area (Å²) >= 11 is 0. The topological polar surface area (TPSA) is 0 Å². The minimum atomic E-state index is -4.12. The lowest BCUT2D eigenvalue weighted by Crippen LogP contribution is -2.17. The van der Waals surface area contributed by atoms with Crippen molar-refractivity contribution in [3.8, 4) is 0 Å². The summed E-state index contributed by atoms with van der Waals surface area (Å²) in [6.07, 6.45) is -1.95. The Bertz CT molecular complexity index is 101. The Morgan fingerprint density at radius 3 is 2.00 bits per heavy atom. The summed E-state index contributed by atoms with van der Waals surface area (Å²) in [6.45, 7) is 4.24. The van der Waals surface area contributed by atoms with Gasteiger partial charge in [-0.1, -0.05) is 19.1 Å². The van der Waals surface area contributed by atoms with Crippen LogP contribution in [0.25, 0.3) is 0 Å². The SMILES string of the molecule is [CH2]C=CC(C)C(F)(F)F. The summed E-state index contributed by atoms with van der Waals surface area (Å²) < 4.78 is 34.7. The van der Waals surface area contributed by atoms with Crippen LogP contribution in [-0.4, -0.2) is 6.18 Å². The van der Waals surface area contributed by atoms with Crippen LogP contribution in [0.2, 0.25) is 0 Å². The maximum atomic E-state index is 11.6. The Labute approximate surface area is 52.4 Å². The van der Waals surface area contributed by atoms with Gasteiger partial charge in [-0.05, 0) is 6.92 Å². The van der Waals surface area contributed by atoms with Gasteiger partial charge in [0, 0.05) is 0 Å². The second-order valence-electron chi connectivity index (χ2n) is 1.76. The van der Waals surface area contributed by atoms with Crippen LogP contribution < -0.4 is 0 Å². The lowest BCUT2D eigenvalue weighted by molar-refractivity contribution is -0.156. The number of hydrogen-bond donors (Lipinski definition) is 0. The third-order valence-corrected chi connectivity index (χ3v) is 0.941. The van der Waals surface area contributed by atoms with Crippen LogP contribution in [0.5, 0.6) is 0 Å². The zero-order chi connectivity index (χ0) is 7.49. The van der Waals surface area contributed by atoms with Crippen LogP contribution in [0.4, 0.5) is 13.2 Å². The third kappa shape index (κ3) is 3.16. The van der Waals surface area contributed by atoms with E-state index in [1.165, 1.54) is 0 Å². The van der Waals surface area contributed by atoms with Gasteiger partial charge in [0.2, 0.25) is 0 Å². The van der Waals surface area contributed by atoms with Gasteiger partial charge in [0.1, 0.15) is 0 Å². The number of rotatable bonds is 1. The molecule has 0 aliphatic heterocycles. The van der Waals surface area contributed by atoms with Gasteiger partial charge < -0.3 is 0 Å². The molecular weight excluding hydrogens is 129 g/mol. The van der Waals surface area contributed by atoms with E-state index in [4.69, 9.17) is 0 Å². The van der Waals surface area contributed by atoms with Gasteiger partial charge in [0.05, 0.1) is 5.92 Å². The number of hydrogen-bond acceptors (Lipinski definition) is 0. The van der Waals surface area contributed by atoms with Crippen molar-refractivity contribution in [2.75, 3.05) is 0 Å². The molecule has 0 aromatic carbocycles. The van der Waals surface area contributed by atoms with Crippen LogP contribution in [0.15, 0.2) is 12.2 Å². The van der Waals surface area contributed by atoms with Crippen molar-refractivity contribution in [1.82, 2.24) is 0 Å². The van der Waals surface area contributed by atoms with E-state index in [9.17, 15) is 13.2 Å². The molecule has 0 nitrogen and oxygen atoms in total. The first-order valence-electron chi connectivity index (χ1n) is 2.51. The number of allylic oxidation sites excluding steroid dienone is 2. The average molecular weight is 137 g/mol. The Balaban J connectivity index is 3.88. The molecular formula is C6H8F3. The van der Waals surface area contributed by atoms with E-state index in [1.54, 1.807) is 0 Å². The number of halogens is 3. The molecule has 0 saturated carbocycles. The maximum Gasteiger partial charge on any atom is 0.394 e. The Morgan fingerprint density at radius 1 is 1.44 bits per heavy atom. The lowest BCUT2D eigenvalue weighted by Gasteiger charge is -2.09. The summed E-state index contributed by atoms with van der Waals surface area (Å²) in [5.41, 5.74) is 0. The minimum Gasteiger partial charge on any atom is -0.170 e. The van der Waals surface area contributed by atoms with Crippen LogP contribution in [0.3, 0.4) is 0 Å². The second kappa shape index (κ2) is 2.90. The Kier molecular flexibility index (Phi) is 2.74. The van der Waals surface area contributed by atoms with E-state index in [2.05, 4.69) is 6.92 Å². The third-order valence-electron chi connectivity index (χ3n) is 0.941. The fraction of sp³-hybridized carbons (Fsp3) is 0.500. The van der Waals surface area contributed by atoms with E-state index in [-0.39, 0.29) is 0 Å². The largest absolute Gasteiger partial charge is 0.394 e. The first-order chi connectivity index (χ1) is 3.98. The molecule has 0 amide bonds. The summed E-state index contributed by atoms with van der Waals surface area (Å²) in [6, 6.07) is 0. The fourth-order valence-corrected chi connectivity index (χ4v) is 0.313. The van der Waals surface area contributed by atoms with Crippen LogP contribution in [-0.2, 0) is 0 Å². The smallest absolute Gasteiger partial charge is 0.170 e. The van der Waals surface area contributed by atoms with Crippen molar-refractivity contribution in [2.45, 2.75) is 13.1 Å². The zero-order valence-corrected chi connectivity index (χ0v) is 5.07. The van der Waals surface area contributed by atoms with Crippen LogP contribution in [0, 0.1) is 12.8 Å². The Hall–Kier alpha value is -0.470. The summed E-state index contributed by atoms with van der Waals surface area (Å²) in [5.74, 6) is -1.38. The standard InChI is InChI=1S/C6H8F3/c1-3-4-5(2)6(7,8)9/h3-5H,1H2,2H3. The normalized spacial score (nSPS) is 16.6. The van der Waals surface area contributed by atoms with Crippen LogP contribution >= 0.6 is 0 Å². The first-order valence-corrected chi connectivity index (χ1v) is 2.51. The quantitative estimate of drug-likeness (QED) is 0.521. The van der Waals surface area contributed by atoms with E-state index < -0.39 is 12.1 Å². The molecule has 0 saturated heterocycles. The minimum absolute atomic E-state index is 1.01. The van der Waals surface area contributed by atoms with Crippen molar-refractivity contribution < 1.29 is 13.2 Å². The molecule has 0 fully saturated rings. The highest BCUT2D eigenvalue weighted by molar-refractivity contribution is 4.91. The molecule has 0 aliphatic carbocycles. The highest BCUT2D eigenvalue weighted by Crippen LogP contribution is 2.26. The predicted molar refractivity (Wildman–Crippen MR) is 29.7 cm³/mol. The monoisotopic (exact) mass is 137 g/mol. The summed E-state index contributed by atoms with van der Waals surface area (Å²) in [7, 11) is 0. The molecule has 3 heteroatoms. The van der Waals surface area contributed by atoms with Gasteiger partial charge in [0.15, 0.2) is 0 Å². The molecule has 53 valence electrons. The molecule has 0 aromatic heterocycles. The summed E-state index contributed by atoms with van der Waals surface area (Å²) in [5, 5.41) is 0. The molecule has 0 N–H and O–H groups in total. The van der Waals surface area contributed by atoms with E-state index in [0.29, 0.717) is 0 Å². The van der Waals surface area contributed by atoms with Gasteiger partial charge in [-0.2, -0.15) is 13.2 Å². The average Bonchev–Trinajstić information content (AvgIpc) is 1.64. The van der Waals surface area contributed by atoms with Gasteiger partial charge in [-0.15, -0.1) is 0 Å². The van der Waals surface area contributed by atoms with Crippen molar-refractivity contribution >= 4 is 0 Å². The number of alkyl halides is 3. The van der Waals surface area contributed by atoms with Crippen LogP contribution in [0.1, 0.15) is 6.92 Å². The van der Waals surface area contributed by atoms with Crippen molar-refractivity contribution in [3.63, 3.8) is 0 Å². The highest BCUT2D eigenvalue weighted by atomic mass is 19.4. The summed E-state index contributed by atoms with van der Waals surface area (Å²) in [4.78, 5) is 0. The van der Waals surface area contributed by atoms with Gasteiger partial charge in [0.25, 0.3) is 0 Å². The zero-order valence-electron chi connectivity index (χ0n) is 5.07. The molecule has 9 heavy (non-hydrogen) atoms. The molecule has 0 bridgehead atoms. The molecule has 0 aliphatic rings. The molecule has 1 radical (unpaired) electrons. The molecule has 1 atom stereocenters. The molecule has 0 heterocycles. The molecule has 1 unspecified atom stereocenters. The fourth-order valence-electron chi connectivity index (χ4n) is 0.313. The van der Waals surface area contributed by atoms with E-state index >= 15 is 0 Å². The predicted octanol–water partition coefficient (Wildman–Crippen LogP) is 2.58. The van der Waals surface area contributed by atoms with Gasteiger partial charge in [-0.25, -0.2) is 0 Å². The molecule has 0 spiro atoms. The van der Waals surface area contributed by atoms with E-state index in [0.717, 1.165) is 19.1 Å². The van der Waals surface area contributed by atoms with Crippen molar-refractivity contribution in [3.05, 3.63) is 19.1 Å². The lowest BCUT2D eigenvalue weighted by atomic mass is 10.1. The molecule has 0 aromatic rings. The van der Waals surface area contributed by atoms with Crippen molar-refractivity contribution in [1.29, 1.82) is 0 Å². The van der Waals surface area contributed by atoms with Gasteiger partial charge in [-0.3, -0.25) is 0 Å². The first kappa shape index (κ1) is 8.53. The van der Waals surface area contributed by atoms with Crippen molar-refractivity contribution in [2.24, 2.45) is 5.92 Å². The van der Waals surface area contributed by atoms with E-state index in [1.807, 2.05) is 0 Å².